The van der Waals surface area contributed by atoms with Crippen LogP contribution in [-0.4, -0.2) is 32.1 Å². The number of nitrogens with two attached hydrogens (primary N) is 1. The van der Waals surface area contributed by atoms with Gasteiger partial charge in [-0.1, -0.05) is 6.07 Å². The van der Waals surface area contributed by atoms with Crippen LogP contribution in [0.5, 0.6) is 5.75 Å². The van der Waals surface area contributed by atoms with Gasteiger partial charge in [-0.05, 0) is 18.1 Å². The van der Waals surface area contributed by atoms with Crippen LogP contribution in [0.4, 0.5) is 5.69 Å². The monoisotopic (exact) mass is 263 g/mol. The van der Waals surface area contributed by atoms with E-state index in [0.29, 0.717) is 6.54 Å². The van der Waals surface area contributed by atoms with E-state index in [0.717, 1.165) is 36.5 Å². The molecule has 0 aliphatic carbocycles. The lowest BCUT2D eigenvalue weighted by Crippen LogP contribution is -2.35. The van der Waals surface area contributed by atoms with Crippen molar-refractivity contribution in [3.8, 4) is 5.75 Å². The van der Waals surface area contributed by atoms with Crippen LogP contribution in [-0.2, 0) is 11.3 Å². The van der Waals surface area contributed by atoms with Gasteiger partial charge < -0.3 is 20.7 Å². The lowest BCUT2D eigenvalue weighted by Gasteiger charge is -2.22. The largest absolute Gasteiger partial charge is 0.497 e. The third-order valence-electron chi connectivity index (χ3n) is 3.45. The Bertz CT molecular complexity index is 462. The van der Waals surface area contributed by atoms with Gasteiger partial charge in [0.15, 0.2) is 0 Å². The molecule has 1 fully saturated rings. The van der Waals surface area contributed by atoms with Crippen molar-refractivity contribution in [2.45, 2.75) is 25.9 Å². The summed E-state index contributed by atoms with van der Waals surface area (Å²) in [5, 5.41) is 2.96. The fraction of sp³-hybridized carbons (Fsp3) is 0.500. The van der Waals surface area contributed by atoms with Gasteiger partial charge in [0.1, 0.15) is 5.75 Å². The Labute approximate surface area is 113 Å². The summed E-state index contributed by atoms with van der Waals surface area (Å²) in [5.74, 6) is 0.853. The van der Waals surface area contributed by atoms with Crippen molar-refractivity contribution < 1.29 is 9.53 Å². The molecule has 1 unspecified atom stereocenters. The molecule has 1 saturated heterocycles. The molecule has 0 saturated carbocycles. The van der Waals surface area contributed by atoms with Crippen molar-refractivity contribution in [3.63, 3.8) is 0 Å². The Morgan fingerprint density at radius 1 is 1.58 bits per heavy atom. The third kappa shape index (κ3) is 3.17. The van der Waals surface area contributed by atoms with Gasteiger partial charge in [-0.25, -0.2) is 0 Å². The van der Waals surface area contributed by atoms with Crippen molar-refractivity contribution in [2.24, 2.45) is 5.73 Å². The van der Waals surface area contributed by atoms with E-state index < -0.39 is 0 Å². The van der Waals surface area contributed by atoms with Crippen molar-refractivity contribution in [2.75, 3.05) is 25.1 Å². The molecule has 1 heterocycles. The predicted octanol–water partition coefficient (Wildman–Crippen LogP) is 0.869. The first-order valence-electron chi connectivity index (χ1n) is 6.53. The first-order chi connectivity index (χ1) is 9.13. The zero-order valence-corrected chi connectivity index (χ0v) is 11.5. The molecule has 5 nitrogen and oxygen atoms in total. The molecule has 0 aromatic heterocycles. The normalized spacial score (nSPS) is 18.5. The number of nitrogens with zero attached hydrogens (tertiary/aromatic N) is 1. The van der Waals surface area contributed by atoms with Crippen molar-refractivity contribution in [3.05, 3.63) is 23.8 Å². The lowest BCUT2D eigenvalue weighted by atomic mass is 10.1. The number of carbonyl (C=O) groups is 1. The molecule has 5 heteroatoms. The predicted molar refractivity (Wildman–Crippen MR) is 75.3 cm³/mol. The maximum absolute atomic E-state index is 11.1. The number of ether oxygens (including phenoxy) is 1. The smallest absolute Gasteiger partial charge is 0.217 e. The first kappa shape index (κ1) is 13.7. The van der Waals surface area contributed by atoms with Crippen molar-refractivity contribution >= 4 is 11.6 Å². The standard InChI is InChI=1S/C14H21N3O2/c1-10(18)16-12-5-6-17(9-12)14-7-13(19-2)4-3-11(14)8-15/h3-4,7,12H,5-6,8-9,15H2,1-2H3,(H,16,18). The Hall–Kier alpha value is -1.75. The molecule has 1 aromatic rings. The molecule has 1 aliphatic rings. The number of methoxy groups -OCH3 is 1. The number of rotatable bonds is 4. The van der Waals surface area contributed by atoms with Gasteiger partial charge in [0.2, 0.25) is 5.91 Å². The molecule has 1 amide bonds. The first-order valence-corrected chi connectivity index (χ1v) is 6.53. The number of benzene rings is 1. The summed E-state index contributed by atoms with van der Waals surface area (Å²) in [6.07, 6.45) is 0.959. The van der Waals surface area contributed by atoms with Gasteiger partial charge in [-0.15, -0.1) is 0 Å². The van der Waals surface area contributed by atoms with Gasteiger partial charge in [0, 0.05) is 44.4 Å². The number of hydrogen-bond acceptors (Lipinski definition) is 4. The van der Waals surface area contributed by atoms with Gasteiger partial charge in [-0.3, -0.25) is 4.79 Å². The highest BCUT2D eigenvalue weighted by molar-refractivity contribution is 5.73. The molecule has 1 atom stereocenters. The number of nitrogens with one attached hydrogen (secondary N) is 1. The van der Waals surface area contributed by atoms with Crippen LogP contribution in [0.1, 0.15) is 18.9 Å². The Balaban J connectivity index is 2.15. The van der Waals surface area contributed by atoms with Crippen LogP contribution < -0.4 is 20.7 Å². The molecule has 0 bridgehead atoms. The quantitative estimate of drug-likeness (QED) is 0.846. The second-order valence-electron chi connectivity index (χ2n) is 4.83. The summed E-state index contributed by atoms with van der Waals surface area (Å²) >= 11 is 0. The number of amides is 1. The molecule has 3 N–H and O–H groups in total. The summed E-state index contributed by atoms with van der Waals surface area (Å²) in [5.41, 5.74) is 8.00. The van der Waals surface area contributed by atoms with Crippen molar-refractivity contribution in [1.29, 1.82) is 0 Å². The Morgan fingerprint density at radius 3 is 3.00 bits per heavy atom. The fourth-order valence-electron chi connectivity index (χ4n) is 2.52. The number of carbonyl (C=O) groups excluding carboxylic acids is 1. The van der Waals surface area contributed by atoms with Crippen LogP contribution >= 0.6 is 0 Å². The summed E-state index contributed by atoms with van der Waals surface area (Å²) in [6.45, 7) is 3.80. The summed E-state index contributed by atoms with van der Waals surface area (Å²) in [4.78, 5) is 13.4. The zero-order valence-electron chi connectivity index (χ0n) is 11.5. The molecule has 1 aliphatic heterocycles. The van der Waals surface area contributed by atoms with E-state index in [-0.39, 0.29) is 11.9 Å². The van der Waals surface area contributed by atoms with Crippen LogP contribution in [0.3, 0.4) is 0 Å². The van der Waals surface area contributed by atoms with Crippen LogP contribution in [0, 0.1) is 0 Å². The van der Waals surface area contributed by atoms with Crippen LogP contribution in [0.15, 0.2) is 18.2 Å². The highest BCUT2D eigenvalue weighted by atomic mass is 16.5. The minimum absolute atomic E-state index is 0.0246. The number of hydrogen-bond donors (Lipinski definition) is 2. The molecular weight excluding hydrogens is 242 g/mol. The third-order valence-corrected chi connectivity index (χ3v) is 3.45. The van der Waals surface area contributed by atoms with Gasteiger partial charge >= 0.3 is 0 Å². The highest BCUT2D eigenvalue weighted by Crippen LogP contribution is 2.28. The van der Waals surface area contributed by atoms with Crippen molar-refractivity contribution in [1.82, 2.24) is 5.32 Å². The highest BCUT2D eigenvalue weighted by Gasteiger charge is 2.24. The average Bonchev–Trinajstić information content (AvgIpc) is 2.85. The molecular formula is C14H21N3O2. The second-order valence-corrected chi connectivity index (χ2v) is 4.83. The number of anilines is 1. The summed E-state index contributed by atoms with van der Waals surface area (Å²) < 4.78 is 5.27. The minimum atomic E-state index is 0.0246. The summed E-state index contributed by atoms with van der Waals surface area (Å²) in [6, 6.07) is 6.15. The topological polar surface area (TPSA) is 67.6 Å². The second kappa shape index (κ2) is 5.93. The van der Waals surface area contributed by atoms with E-state index in [1.807, 2.05) is 18.2 Å². The van der Waals surface area contributed by atoms with E-state index in [1.165, 1.54) is 0 Å². The maximum Gasteiger partial charge on any atom is 0.217 e. The zero-order chi connectivity index (χ0) is 13.8. The molecule has 104 valence electrons. The molecule has 1 aromatic carbocycles. The van der Waals surface area contributed by atoms with Gasteiger partial charge in [0.25, 0.3) is 0 Å². The van der Waals surface area contributed by atoms with E-state index in [9.17, 15) is 4.79 Å². The van der Waals surface area contributed by atoms with E-state index in [1.54, 1.807) is 14.0 Å². The average molecular weight is 263 g/mol. The summed E-state index contributed by atoms with van der Waals surface area (Å²) in [7, 11) is 1.66. The SMILES string of the molecule is COc1ccc(CN)c(N2CCC(NC(C)=O)C2)c1. The fourth-order valence-corrected chi connectivity index (χ4v) is 2.52. The molecule has 19 heavy (non-hydrogen) atoms. The molecule has 2 rings (SSSR count). The van der Waals surface area contributed by atoms with Crippen LogP contribution in [0.2, 0.25) is 0 Å². The lowest BCUT2D eigenvalue weighted by molar-refractivity contribution is -0.119. The minimum Gasteiger partial charge on any atom is -0.497 e. The molecule has 0 radical (unpaired) electrons. The maximum atomic E-state index is 11.1. The molecule has 0 spiro atoms. The Morgan fingerprint density at radius 2 is 2.37 bits per heavy atom. The van der Waals surface area contributed by atoms with E-state index >= 15 is 0 Å². The van der Waals surface area contributed by atoms with Gasteiger partial charge in [-0.2, -0.15) is 0 Å². The van der Waals surface area contributed by atoms with Crippen LogP contribution in [0.25, 0.3) is 0 Å². The van der Waals surface area contributed by atoms with E-state index in [4.69, 9.17) is 10.5 Å². The Kier molecular flexibility index (Phi) is 4.27. The van der Waals surface area contributed by atoms with E-state index in [2.05, 4.69) is 10.2 Å². The van der Waals surface area contributed by atoms with Gasteiger partial charge in [0.05, 0.1) is 7.11 Å².